The molecule has 2 heterocycles. The van der Waals surface area contributed by atoms with E-state index in [0.717, 1.165) is 27.5 Å². The van der Waals surface area contributed by atoms with Crippen LogP contribution in [0.3, 0.4) is 0 Å². The second-order valence-electron chi connectivity index (χ2n) is 3.86. The van der Waals surface area contributed by atoms with Crippen molar-refractivity contribution in [3.63, 3.8) is 0 Å². The van der Waals surface area contributed by atoms with Gasteiger partial charge in [-0.15, -0.1) is 11.3 Å². The number of thiazole rings is 1. The molecule has 2 N–H and O–H groups in total. The van der Waals surface area contributed by atoms with Gasteiger partial charge in [-0.2, -0.15) is 0 Å². The SMILES string of the molecule is Nc1ccccc1-c1csc(-c2ccncc2)n1. The molecule has 0 spiro atoms. The molecular weight excluding hydrogens is 242 g/mol. The number of pyridine rings is 1. The summed E-state index contributed by atoms with van der Waals surface area (Å²) in [7, 11) is 0. The molecule has 88 valence electrons. The third-order valence-electron chi connectivity index (χ3n) is 2.67. The maximum atomic E-state index is 5.96. The number of nitrogens with two attached hydrogens (primary N) is 1. The van der Waals surface area contributed by atoms with Crippen LogP contribution in [-0.2, 0) is 0 Å². The summed E-state index contributed by atoms with van der Waals surface area (Å²) in [4.78, 5) is 8.63. The molecule has 0 aliphatic rings. The van der Waals surface area contributed by atoms with Crippen molar-refractivity contribution in [3.05, 3.63) is 54.2 Å². The highest BCUT2D eigenvalue weighted by Gasteiger charge is 2.08. The zero-order valence-electron chi connectivity index (χ0n) is 9.58. The molecule has 0 fully saturated rings. The summed E-state index contributed by atoms with van der Waals surface area (Å²) in [6.45, 7) is 0. The van der Waals surface area contributed by atoms with Crippen LogP contribution < -0.4 is 5.73 Å². The van der Waals surface area contributed by atoms with Crippen molar-refractivity contribution in [1.29, 1.82) is 0 Å². The summed E-state index contributed by atoms with van der Waals surface area (Å²) in [6, 6.07) is 11.7. The van der Waals surface area contributed by atoms with E-state index in [9.17, 15) is 0 Å². The lowest BCUT2D eigenvalue weighted by atomic mass is 10.1. The monoisotopic (exact) mass is 253 g/mol. The maximum absolute atomic E-state index is 5.96. The van der Waals surface area contributed by atoms with Crippen molar-refractivity contribution in [3.8, 4) is 21.8 Å². The molecule has 0 bridgehead atoms. The molecular formula is C14H11N3S. The number of nitrogen functional groups attached to an aromatic ring is 1. The Kier molecular flexibility index (Phi) is 2.78. The minimum atomic E-state index is 0.754. The van der Waals surface area contributed by atoms with E-state index in [1.165, 1.54) is 0 Å². The molecule has 3 nitrogen and oxygen atoms in total. The molecule has 1 aromatic carbocycles. The first-order chi connectivity index (χ1) is 8.84. The molecule has 2 aromatic heterocycles. The van der Waals surface area contributed by atoms with Gasteiger partial charge in [0.15, 0.2) is 0 Å². The minimum Gasteiger partial charge on any atom is -0.398 e. The molecule has 0 unspecified atom stereocenters. The third-order valence-corrected chi connectivity index (χ3v) is 3.56. The quantitative estimate of drug-likeness (QED) is 0.712. The molecule has 3 rings (SSSR count). The van der Waals surface area contributed by atoms with Gasteiger partial charge in [0.1, 0.15) is 5.01 Å². The Morgan fingerprint density at radius 2 is 1.78 bits per heavy atom. The summed E-state index contributed by atoms with van der Waals surface area (Å²) >= 11 is 1.61. The Morgan fingerprint density at radius 3 is 2.56 bits per heavy atom. The predicted molar refractivity (Wildman–Crippen MR) is 75.2 cm³/mol. The number of anilines is 1. The Bertz CT molecular complexity index is 662. The molecule has 0 aliphatic heterocycles. The average molecular weight is 253 g/mol. The van der Waals surface area contributed by atoms with Crippen molar-refractivity contribution in [2.45, 2.75) is 0 Å². The number of para-hydroxylation sites is 1. The molecule has 0 radical (unpaired) electrons. The van der Waals surface area contributed by atoms with Crippen LogP contribution in [0.5, 0.6) is 0 Å². The van der Waals surface area contributed by atoms with Crippen LogP contribution in [0.15, 0.2) is 54.2 Å². The van der Waals surface area contributed by atoms with Gasteiger partial charge >= 0.3 is 0 Å². The second-order valence-corrected chi connectivity index (χ2v) is 4.72. The lowest BCUT2D eigenvalue weighted by Gasteiger charge is -2.00. The van der Waals surface area contributed by atoms with Crippen LogP contribution in [0.2, 0.25) is 0 Å². The Balaban J connectivity index is 2.03. The fraction of sp³-hybridized carbons (Fsp3) is 0. The van der Waals surface area contributed by atoms with Crippen LogP contribution in [0.25, 0.3) is 21.8 Å². The number of benzene rings is 1. The molecule has 18 heavy (non-hydrogen) atoms. The molecule has 0 aliphatic carbocycles. The molecule has 3 aromatic rings. The maximum Gasteiger partial charge on any atom is 0.124 e. The van der Waals surface area contributed by atoms with Crippen molar-refractivity contribution in [2.24, 2.45) is 0 Å². The van der Waals surface area contributed by atoms with Gasteiger partial charge in [0.2, 0.25) is 0 Å². The summed E-state index contributed by atoms with van der Waals surface area (Å²) in [6.07, 6.45) is 3.54. The van der Waals surface area contributed by atoms with E-state index in [1.807, 2.05) is 41.8 Å². The van der Waals surface area contributed by atoms with Crippen molar-refractivity contribution < 1.29 is 0 Å². The zero-order valence-corrected chi connectivity index (χ0v) is 10.4. The summed E-state index contributed by atoms with van der Waals surface area (Å²) in [5.74, 6) is 0. The van der Waals surface area contributed by atoms with E-state index in [2.05, 4.69) is 9.97 Å². The first-order valence-corrected chi connectivity index (χ1v) is 6.43. The van der Waals surface area contributed by atoms with Gasteiger partial charge in [-0.1, -0.05) is 18.2 Å². The standard InChI is InChI=1S/C14H11N3S/c15-12-4-2-1-3-11(12)13-9-18-14(17-13)10-5-7-16-8-6-10/h1-9H,15H2. The lowest BCUT2D eigenvalue weighted by Crippen LogP contribution is -1.89. The Labute approximate surface area is 109 Å². The van der Waals surface area contributed by atoms with Gasteiger partial charge in [-0.25, -0.2) is 4.98 Å². The van der Waals surface area contributed by atoms with Crippen molar-refractivity contribution in [1.82, 2.24) is 9.97 Å². The zero-order chi connectivity index (χ0) is 12.4. The topological polar surface area (TPSA) is 51.8 Å². The van der Waals surface area contributed by atoms with E-state index in [-0.39, 0.29) is 0 Å². The normalized spacial score (nSPS) is 10.4. The number of hydrogen-bond acceptors (Lipinski definition) is 4. The van der Waals surface area contributed by atoms with Crippen molar-refractivity contribution >= 4 is 17.0 Å². The van der Waals surface area contributed by atoms with Gasteiger partial charge in [0, 0.05) is 34.6 Å². The van der Waals surface area contributed by atoms with Gasteiger partial charge in [0.05, 0.1) is 5.69 Å². The van der Waals surface area contributed by atoms with Gasteiger partial charge < -0.3 is 5.73 Å². The Morgan fingerprint density at radius 1 is 1.00 bits per heavy atom. The number of aromatic nitrogens is 2. The van der Waals surface area contributed by atoms with E-state index in [4.69, 9.17) is 5.73 Å². The van der Waals surface area contributed by atoms with Gasteiger partial charge in [0.25, 0.3) is 0 Å². The first kappa shape index (κ1) is 10.9. The molecule has 0 amide bonds. The fourth-order valence-corrected chi connectivity index (χ4v) is 2.58. The van der Waals surface area contributed by atoms with Crippen molar-refractivity contribution in [2.75, 3.05) is 5.73 Å². The van der Waals surface area contributed by atoms with Crippen LogP contribution in [-0.4, -0.2) is 9.97 Å². The summed E-state index contributed by atoms with van der Waals surface area (Å²) in [5.41, 5.74) is 9.69. The van der Waals surface area contributed by atoms with E-state index in [1.54, 1.807) is 23.7 Å². The van der Waals surface area contributed by atoms with E-state index in [0.29, 0.717) is 0 Å². The molecule has 0 atom stereocenters. The minimum absolute atomic E-state index is 0.754. The first-order valence-electron chi connectivity index (χ1n) is 5.55. The van der Waals surface area contributed by atoms with E-state index >= 15 is 0 Å². The second kappa shape index (κ2) is 4.58. The summed E-state index contributed by atoms with van der Waals surface area (Å²) < 4.78 is 0. The molecule has 0 saturated heterocycles. The lowest BCUT2D eigenvalue weighted by molar-refractivity contribution is 1.32. The number of nitrogens with zero attached hydrogens (tertiary/aromatic N) is 2. The van der Waals surface area contributed by atoms with Crippen LogP contribution in [0, 0.1) is 0 Å². The largest absolute Gasteiger partial charge is 0.398 e. The summed E-state index contributed by atoms with van der Waals surface area (Å²) in [5, 5.41) is 3.01. The van der Waals surface area contributed by atoms with Crippen LogP contribution in [0.4, 0.5) is 5.69 Å². The smallest absolute Gasteiger partial charge is 0.124 e. The van der Waals surface area contributed by atoms with E-state index < -0.39 is 0 Å². The highest BCUT2D eigenvalue weighted by molar-refractivity contribution is 7.13. The predicted octanol–water partition coefficient (Wildman–Crippen LogP) is 3.45. The fourth-order valence-electron chi connectivity index (χ4n) is 1.75. The number of hydrogen-bond donors (Lipinski definition) is 1. The molecule has 4 heteroatoms. The third kappa shape index (κ3) is 1.98. The number of rotatable bonds is 2. The van der Waals surface area contributed by atoms with Gasteiger partial charge in [-0.3, -0.25) is 4.98 Å². The average Bonchev–Trinajstić information content (AvgIpc) is 2.90. The van der Waals surface area contributed by atoms with Crippen LogP contribution >= 0.6 is 11.3 Å². The van der Waals surface area contributed by atoms with Crippen LogP contribution in [0.1, 0.15) is 0 Å². The molecule has 0 saturated carbocycles. The highest BCUT2D eigenvalue weighted by Crippen LogP contribution is 2.30. The Hall–Kier alpha value is -2.20. The highest BCUT2D eigenvalue weighted by atomic mass is 32.1. The van der Waals surface area contributed by atoms with Gasteiger partial charge in [-0.05, 0) is 18.2 Å².